The minimum Gasteiger partial charge on any atom is -0.503 e. The van der Waals surface area contributed by atoms with Gasteiger partial charge in [0.05, 0.1) is 13.4 Å². The largest absolute Gasteiger partial charge is 0.503 e. The number of nitrogens with zero attached hydrogens (tertiary/aromatic N) is 1. The molecule has 2 aromatic carbocycles. The van der Waals surface area contributed by atoms with Crippen LogP contribution in [0.25, 0.3) is 5.57 Å². The van der Waals surface area contributed by atoms with Gasteiger partial charge in [0.15, 0.2) is 0 Å². The number of aliphatic carboxylic acids is 1. The van der Waals surface area contributed by atoms with Crippen molar-refractivity contribution in [1.29, 1.82) is 0 Å². The number of aromatic nitrogens is 2. The van der Waals surface area contributed by atoms with Gasteiger partial charge in [-0.15, -0.1) is 5.10 Å². The van der Waals surface area contributed by atoms with E-state index in [9.17, 15) is 9.90 Å². The van der Waals surface area contributed by atoms with Crippen molar-refractivity contribution in [2.75, 3.05) is 7.11 Å². The Morgan fingerprint density at radius 2 is 1.96 bits per heavy atom. The number of hydrogen-bond donors (Lipinski definition) is 2. The minimum absolute atomic E-state index is 0.0622. The van der Waals surface area contributed by atoms with E-state index in [2.05, 4.69) is 10.2 Å². The van der Waals surface area contributed by atoms with Gasteiger partial charge >= 0.3 is 5.97 Å². The minimum atomic E-state index is -1.07. The molecular formula is C21H19ClN2O4. The van der Waals surface area contributed by atoms with Gasteiger partial charge in [-0.2, -0.15) is 0 Å². The van der Waals surface area contributed by atoms with Crippen molar-refractivity contribution in [1.82, 2.24) is 10.2 Å². The molecule has 0 spiro atoms. The first-order valence-electron chi connectivity index (χ1n) is 8.53. The van der Waals surface area contributed by atoms with E-state index in [1.54, 1.807) is 12.1 Å². The highest BCUT2D eigenvalue weighted by Crippen LogP contribution is 2.22. The Morgan fingerprint density at radius 1 is 1.21 bits per heavy atom. The summed E-state index contributed by atoms with van der Waals surface area (Å²) >= 11 is 5.90. The molecule has 3 rings (SSSR count). The Balaban J connectivity index is 1.70. The van der Waals surface area contributed by atoms with E-state index in [-0.39, 0.29) is 12.2 Å². The first-order chi connectivity index (χ1) is 13.6. The molecule has 144 valence electrons. The van der Waals surface area contributed by atoms with E-state index >= 15 is 0 Å². The van der Waals surface area contributed by atoms with Gasteiger partial charge in [0, 0.05) is 23.2 Å². The topological polar surface area (TPSA) is 84.4 Å². The molecule has 0 aliphatic carbocycles. The van der Waals surface area contributed by atoms with Crippen LogP contribution in [0.4, 0.5) is 0 Å². The summed E-state index contributed by atoms with van der Waals surface area (Å²) in [5.41, 5.74) is 3.31. The van der Waals surface area contributed by atoms with Crippen LogP contribution in [0, 0.1) is 0 Å². The van der Waals surface area contributed by atoms with Crippen molar-refractivity contribution >= 4 is 23.1 Å². The van der Waals surface area contributed by atoms with Gasteiger partial charge in [0.1, 0.15) is 12.2 Å². The molecule has 3 aromatic rings. The normalized spacial score (nSPS) is 11.3. The average Bonchev–Trinajstić information content (AvgIpc) is 3.14. The highest BCUT2D eigenvalue weighted by Gasteiger charge is 2.15. The molecule has 2 N–H and O–H groups in total. The molecule has 6 nitrogen and oxygen atoms in total. The van der Waals surface area contributed by atoms with Crippen molar-refractivity contribution in [2.45, 2.75) is 13.0 Å². The number of halogens is 1. The van der Waals surface area contributed by atoms with Crippen LogP contribution in [0.15, 0.2) is 60.9 Å². The maximum absolute atomic E-state index is 11.5. The average molecular weight is 399 g/mol. The summed E-state index contributed by atoms with van der Waals surface area (Å²) in [6, 6.07) is 16.5. The van der Waals surface area contributed by atoms with Gasteiger partial charge in [0.2, 0.25) is 5.88 Å². The number of H-pyrrole nitrogens is 1. The van der Waals surface area contributed by atoms with Gasteiger partial charge in [-0.25, -0.2) is 4.79 Å². The molecule has 0 saturated carbocycles. The third-order valence-corrected chi connectivity index (χ3v) is 4.32. The first kappa shape index (κ1) is 19.5. The van der Waals surface area contributed by atoms with Crippen molar-refractivity contribution in [3.05, 3.63) is 88.3 Å². The molecule has 0 atom stereocenters. The van der Waals surface area contributed by atoms with Crippen LogP contribution in [0.2, 0.25) is 5.02 Å². The second kappa shape index (κ2) is 9.10. The molecule has 0 fully saturated rings. The molecule has 0 aliphatic rings. The van der Waals surface area contributed by atoms with Crippen molar-refractivity contribution in [3.63, 3.8) is 0 Å². The van der Waals surface area contributed by atoms with E-state index in [0.29, 0.717) is 22.9 Å². The SMILES string of the molecule is CO/C=C(/C(=O)O)c1ccccc1COc1cc(Cc2ccc(Cl)cc2)[nH]n1. The number of nitrogens with one attached hydrogen (secondary N) is 1. The van der Waals surface area contributed by atoms with Gasteiger partial charge in [-0.3, -0.25) is 5.10 Å². The number of rotatable bonds is 8. The third kappa shape index (κ3) is 4.92. The lowest BCUT2D eigenvalue weighted by Crippen LogP contribution is -2.06. The number of carboxylic acid groups (broad SMARTS) is 1. The maximum atomic E-state index is 11.5. The number of carbonyl (C=O) groups is 1. The monoisotopic (exact) mass is 398 g/mol. The van der Waals surface area contributed by atoms with Crippen LogP contribution >= 0.6 is 11.6 Å². The number of carboxylic acids is 1. The van der Waals surface area contributed by atoms with E-state index in [1.165, 1.54) is 13.4 Å². The Bertz CT molecular complexity index is 980. The lowest BCUT2D eigenvalue weighted by molar-refractivity contribution is -0.130. The highest BCUT2D eigenvalue weighted by atomic mass is 35.5. The van der Waals surface area contributed by atoms with Crippen molar-refractivity contribution in [3.8, 4) is 5.88 Å². The molecule has 1 aromatic heterocycles. The van der Waals surface area contributed by atoms with Crippen LogP contribution in [-0.4, -0.2) is 28.4 Å². The zero-order chi connectivity index (χ0) is 19.9. The standard InChI is InChI=1S/C21H19ClN2O4/c1-27-13-19(21(25)26)18-5-3-2-4-15(18)12-28-20-11-17(23-24-20)10-14-6-8-16(22)9-7-14/h2-9,11,13H,10,12H2,1H3,(H,23,24)(H,25,26)/b19-13+. The molecule has 7 heteroatoms. The summed E-state index contributed by atoms with van der Waals surface area (Å²) in [6.07, 6.45) is 1.88. The quantitative estimate of drug-likeness (QED) is 0.436. The number of hydrogen-bond acceptors (Lipinski definition) is 4. The fraction of sp³-hybridized carbons (Fsp3) is 0.143. The summed E-state index contributed by atoms with van der Waals surface area (Å²) in [6.45, 7) is 0.176. The van der Waals surface area contributed by atoms with Crippen LogP contribution in [0.1, 0.15) is 22.4 Å². The molecular weight excluding hydrogens is 380 g/mol. The first-order valence-corrected chi connectivity index (χ1v) is 8.90. The molecule has 0 saturated heterocycles. The molecule has 0 amide bonds. The van der Waals surface area contributed by atoms with Crippen LogP contribution < -0.4 is 4.74 Å². The Kier molecular flexibility index (Phi) is 6.34. The van der Waals surface area contributed by atoms with Gasteiger partial charge in [-0.05, 0) is 28.8 Å². The molecule has 0 aliphatic heterocycles. The summed E-state index contributed by atoms with van der Waals surface area (Å²) < 4.78 is 10.6. The van der Waals surface area contributed by atoms with Crippen LogP contribution in [0.3, 0.4) is 0 Å². The second-order valence-electron chi connectivity index (χ2n) is 6.05. The summed E-state index contributed by atoms with van der Waals surface area (Å²) in [7, 11) is 1.41. The van der Waals surface area contributed by atoms with E-state index in [0.717, 1.165) is 16.8 Å². The number of aromatic amines is 1. The lowest BCUT2D eigenvalue weighted by atomic mass is 10.0. The molecule has 0 bridgehead atoms. The van der Waals surface area contributed by atoms with Gasteiger partial charge in [-0.1, -0.05) is 48.0 Å². The Hall–Kier alpha value is -3.25. The number of methoxy groups -OCH3 is 1. The maximum Gasteiger partial charge on any atom is 0.339 e. The zero-order valence-corrected chi connectivity index (χ0v) is 15.9. The summed E-state index contributed by atoms with van der Waals surface area (Å²) in [5, 5.41) is 17.2. The molecule has 28 heavy (non-hydrogen) atoms. The van der Waals surface area contributed by atoms with E-state index < -0.39 is 5.97 Å². The number of benzene rings is 2. The smallest absolute Gasteiger partial charge is 0.339 e. The Morgan fingerprint density at radius 3 is 2.68 bits per heavy atom. The van der Waals surface area contributed by atoms with Gasteiger partial charge < -0.3 is 14.6 Å². The van der Waals surface area contributed by atoms with Gasteiger partial charge in [0.25, 0.3) is 0 Å². The fourth-order valence-corrected chi connectivity index (χ4v) is 2.86. The van der Waals surface area contributed by atoms with Crippen molar-refractivity contribution < 1.29 is 19.4 Å². The van der Waals surface area contributed by atoms with E-state index in [1.807, 2.05) is 42.5 Å². The summed E-state index contributed by atoms with van der Waals surface area (Å²) in [4.78, 5) is 11.5. The van der Waals surface area contributed by atoms with Crippen LogP contribution in [-0.2, 0) is 22.6 Å². The molecule has 0 unspecified atom stereocenters. The highest BCUT2D eigenvalue weighted by molar-refractivity contribution is 6.30. The predicted octanol–water partition coefficient (Wildman–Crippen LogP) is 4.30. The Labute approximate surface area is 167 Å². The van der Waals surface area contributed by atoms with Crippen molar-refractivity contribution in [2.24, 2.45) is 0 Å². The second-order valence-corrected chi connectivity index (χ2v) is 6.49. The lowest BCUT2D eigenvalue weighted by Gasteiger charge is -2.10. The zero-order valence-electron chi connectivity index (χ0n) is 15.2. The summed E-state index contributed by atoms with van der Waals surface area (Å²) in [5.74, 6) is -0.634. The predicted molar refractivity (Wildman–Crippen MR) is 106 cm³/mol. The van der Waals surface area contributed by atoms with E-state index in [4.69, 9.17) is 21.1 Å². The molecule has 1 heterocycles. The third-order valence-electron chi connectivity index (χ3n) is 4.06. The molecule has 0 radical (unpaired) electrons. The van der Waals surface area contributed by atoms with Crippen LogP contribution in [0.5, 0.6) is 5.88 Å². The fourth-order valence-electron chi connectivity index (χ4n) is 2.73. The number of ether oxygens (including phenoxy) is 2.